The van der Waals surface area contributed by atoms with Gasteiger partial charge in [-0.15, -0.1) is 0 Å². The summed E-state index contributed by atoms with van der Waals surface area (Å²) >= 11 is 1.92. The molecule has 2 saturated heterocycles. The van der Waals surface area contributed by atoms with Crippen LogP contribution in [0.5, 0.6) is 0 Å². The lowest BCUT2D eigenvalue weighted by Crippen LogP contribution is -2.32. The van der Waals surface area contributed by atoms with Crippen molar-refractivity contribution in [1.82, 2.24) is 4.31 Å². The van der Waals surface area contributed by atoms with Crippen molar-refractivity contribution in [3.05, 3.63) is 23.8 Å². The van der Waals surface area contributed by atoms with Gasteiger partial charge in [0.05, 0.1) is 4.90 Å². The molecule has 5 nitrogen and oxygen atoms in total. The van der Waals surface area contributed by atoms with Crippen molar-refractivity contribution in [2.24, 2.45) is 11.3 Å². The van der Waals surface area contributed by atoms with Crippen molar-refractivity contribution in [3.63, 3.8) is 0 Å². The van der Waals surface area contributed by atoms with Crippen LogP contribution in [0.4, 0.5) is 5.69 Å². The number of fused-ring (bicyclic) bond motifs is 1. The Morgan fingerprint density at radius 3 is 2.83 bits per heavy atom. The maximum atomic E-state index is 13.1. The summed E-state index contributed by atoms with van der Waals surface area (Å²) in [4.78, 5) is 11.5. The lowest BCUT2D eigenvalue weighted by molar-refractivity contribution is -0.114. The van der Waals surface area contributed by atoms with Crippen LogP contribution in [-0.2, 0) is 14.8 Å². The van der Waals surface area contributed by atoms with E-state index >= 15 is 0 Å². The Kier molecular flexibility index (Phi) is 4.23. The molecule has 7 heteroatoms. The van der Waals surface area contributed by atoms with Crippen LogP contribution in [0.2, 0.25) is 0 Å². The number of aryl methyl sites for hydroxylation is 1. The molecular weight excluding hydrogens is 332 g/mol. The topological polar surface area (TPSA) is 66.5 Å². The highest BCUT2D eigenvalue weighted by Gasteiger charge is 2.50. The van der Waals surface area contributed by atoms with E-state index in [0.29, 0.717) is 35.2 Å². The lowest BCUT2D eigenvalue weighted by Gasteiger charge is -2.23. The number of thioether (sulfide) groups is 1. The van der Waals surface area contributed by atoms with Crippen LogP contribution in [0.25, 0.3) is 0 Å². The predicted molar refractivity (Wildman–Crippen MR) is 93.2 cm³/mol. The number of benzene rings is 1. The van der Waals surface area contributed by atoms with E-state index in [2.05, 4.69) is 12.2 Å². The summed E-state index contributed by atoms with van der Waals surface area (Å²) in [6, 6.07) is 5.04. The summed E-state index contributed by atoms with van der Waals surface area (Å²) in [7, 11) is -3.54. The van der Waals surface area contributed by atoms with E-state index in [9.17, 15) is 13.2 Å². The Labute approximate surface area is 141 Å². The van der Waals surface area contributed by atoms with E-state index in [0.717, 1.165) is 11.5 Å². The fraction of sp³-hybridized carbons (Fsp3) is 0.562. The van der Waals surface area contributed by atoms with Crippen LogP contribution >= 0.6 is 11.8 Å². The quantitative estimate of drug-likeness (QED) is 0.905. The van der Waals surface area contributed by atoms with Crippen LogP contribution in [0.1, 0.15) is 19.4 Å². The molecule has 0 radical (unpaired) electrons. The van der Waals surface area contributed by atoms with Gasteiger partial charge in [-0.3, -0.25) is 4.79 Å². The molecule has 2 fully saturated rings. The number of carbonyl (C=O) groups excluding carboxylic acids is 1. The lowest BCUT2D eigenvalue weighted by atomic mass is 9.84. The smallest absolute Gasteiger partial charge is 0.243 e. The third kappa shape index (κ3) is 3.02. The minimum Gasteiger partial charge on any atom is -0.326 e. The molecule has 2 aliphatic heterocycles. The van der Waals surface area contributed by atoms with Gasteiger partial charge < -0.3 is 5.32 Å². The zero-order valence-corrected chi connectivity index (χ0v) is 15.3. The first-order valence-electron chi connectivity index (χ1n) is 7.68. The summed E-state index contributed by atoms with van der Waals surface area (Å²) in [5, 5.41) is 2.66. The van der Waals surface area contributed by atoms with Gasteiger partial charge >= 0.3 is 0 Å². The third-order valence-corrected chi connectivity index (χ3v) is 8.28. The fourth-order valence-corrected chi connectivity index (χ4v) is 6.97. The Balaban J connectivity index is 1.93. The van der Waals surface area contributed by atoms with Crippen molar-refractivity contribution in [2.45, 2.75) is 25.7 Å². The van der Waals surface area contributed by atoms with Crippen molar-refractivity contribution in [1.29, 1.82) is 0 Å². The van der Waals surface area contributed by atoms with Crippen LogP contribution in [-0.4, -0.2) is 43.2 Å². The molecule has 1 N–H and O–H groups in total. The molecule has 0 saturated carbocycles. The number of rotatable bonds is 3. The third-order valence-electron chi connectivity index (χ3n) is 4.82. The predicted octanol–water partition coefficient (Wildman–Crippen LogP) is 2.33. The van der Waals surface area contributed by atoms with E-state index in [4.69, 9.17) is 0 Å². The Morgan fingerprint density at radius 2 is 2.17 bits per heavy atom. The van der Waals surface area contributed by atoms with Gasteiger partial charge in [0, 0.05) is 31.5 Å². The van der Waals surface area contributed by atoms with Crippen molar-refractivity contribution in [3.8, 4) is 0 Å². The Bertz CT molecular complexity index is 748. The average molecular weight is 354 g/mol. The Hall–Kier alpha value is -1.05. The van der Waals surface area contributed by atoms with E-state index in [1.807, 2.05) is 11.8 Å². The number of amides is 1. The SMILES string of the molecule is CC(=O)Nc1ccc(C)c(S(=O)(=O)N2C[C@@H]3CSC[C@]3(C)C2)c1. The van der Waals surface area contributed by atoms with Gasteiger partial charge in [-0.25, -0.2) is 8.42 Å². The Morgan fingerprint density at radius 1 is 1.43 bits per heavy atom. The molecule has 2 heterocycles. The molecule has 0 unspecified atom stereocenters. The van der Waals surface area contributed by atoms with E-state index in [1.54, 1.807) is 29.4 Å². The largest absolute Gasteiger partial charge is 0.326 e. The van der Waals surface area contributed by atoms with Gasteiger partial charge in [-0.1, -0.05) is 13.0 Å². The highest BCUT2D eigenvalue weighted by Crippen LogP contribution is 2.47. The van der Waals surface area contributed by atoms with E-state index in [1.165, 1.54) is 6.92 Å². The fourth-order valence-electron chi connectivity index (χ4n) is 3.40. The maximum Gasteiger partial charge on any atom is 0.243 e. The highest BCUT2D eigenvalue weighted by molar-refractivity contribution is 7.99. The average Bonchev–Trinajstić information content (AvgIpc) is 2.95. The number of hydrogen-bond acceptors (Lipinski definition) is 4. The molecule has 1 aromatic rings. The minimum absolute atomic E-state index is 0.0842. The molecule has 2 aliphatic rings. The van der Waals surface area contributed by atoms with Gasteiger partial charge in [0.15, 0.2) is 0 Å². The number of nitrogens with zero attached hydrogens (tertiary/aromatic N) is 1. The van der Waals surface area contributed by atoms with Crippen LogP contribution < -0.4 is 5.32 Å². The van der Waals surface area contributed by atoms with Gasteiger partial charge in [0.25, 0.3) is 0 Å². The monoisotopic (exact) mass is 354 g/mol. The number of carbonyl (C=O) groups is 1. The first-order valence-corrected chi connectivity index (χ1v) is 10.3. The van der Waals surface area contributed by atoms with Crippen LogP contribution in [0, 0.1) is 18.3 Å². The van der Waals surface area contributed by atoms with Crippen LogP contribution in [0.15, 0.2) is 23.1 Å². The van der Waals surface area contributed by atoms with Gasteiger partial charge in [-0.2, -0.15) is 16.1 Å². The number of hydrogen-bond donors (Lipinski definition) is 1. The summed E-state index contributed by atoms with van der Waals surface area (Å²) in [5.74, 6) is 2.28. The zero-order valence-electron chi connectivity index (χ0n) is 13.6. The van der Waals surface area contributed by atoms with Crippen LogP contribution in [0.3, 0.4) is 0 Å². The second-order valence-electron chi connectivity index (χ2n) is 6.83. The molecule has 0 spiro atoms. The number of sulfonamides is 1. The minimum atomic E-state index is -3.54. The molecule has 0 aromatic heterocycles. The second-order valence-corrected chi connectivity index (χ2v) is 9.76. The highest BCUT2D eigenvalue weighted by atomic mass is 32.2. The van der Waals surface area contributed by atoms with Crippen molar-refractivity contribution >= 4 is 33.4 Å². The van der Waals surface area contributed by atoms with Crippen molar-refractivity contribution in [2.75, 3.05) is 29.9 Å². The summed E-state index contributed by atoms with van der Waals surface area (Å²) in [6.45, 7) is 6.56. The molecule has 0 aliphatic carbocycles. The van der Waals surface area contributed by atoms with Gasteiger partial charge in [-0.05, 0) is 41.7 Å². The summed E-state index contributed by atoms with van der Waals surface area (Å²) < 4.78 is 27.8. The molecule has 3 rings (SSSR count). The van der Waals surface area contributed by atoms with E-state index in [-0.39, 0.29) is 11.3 Å². The van der Waals surface area contributed by atoms with Gasteiger partial charge in [0.1, 0.15) is 0 Å². The molecule has 1 amide bonds. The normalized spacial score (nSPS) is 27.9. The first-order chi connectivity index (χ1) is 10.7. The molecule has 1 aromatic carbocycles. The first kappa shape index (κ1) is 16.8. The molecule has 2 atom stereocenters. The maximum absolute atomic E-state index is 13.1. The summed E-state index contributed by atoms with van der Waals surface area (Å²) in [5.41, 5.74) is 1.31. The molecular formula is C16H22N2O3S2. The zero-order chi connectivity index (χ0) is 16.8. The van der Waals surface area contributed by atoms with E-state index < -0.39 is 10.0 Å². The molecule has 0 bridgehead atoms. The van der Waals surface area contributed by atoms with Crippen molar-refractivity contribution < 1.29 is 13.2 Å². The second kappa shape index (κ2) is 5.79. The van der Waals surface area contributed by atoms with Gasteiger partial charge in [0.2, 0.25) is 15.9 Å². The summed E-state index contributed by atoms with van der Waals surface area (Å²) in [6.07, 6.45) is 0. The standard InChI is InChI=1S/C16H22N2O3S2/c1-11-4-5-14(17-12(2)19)6-15(11)23(20,21)18-7-13-8-22-10-16(13,3)9-18/h4-6,13H,7-10H2,1-3H3,(H,17,19)/t13-,16+/m1/s1. The molecule has 23 heavy (non-hydrogen) atoms. The number of nitrogens with one attached hydrogen (secondary N) is 1. The molecule has 126 valence electrons. The number of anilines is 1.